The highest BCUT2D eigenvalue weighted by Crippen LogP contribution is 2.22. The Hall–Kier alpha value is -1.11. The summed E-state index contributed by atoms with van der Waals surface area (Å²) in [6, 6.07) is 0. The Balaban J connectivity index is 2.37. The van der Waals surface area contributed by atoms with Crippen LogP contribution in [0, 0.1) is 0 Å². The van der Waals surface area contributed by atoms with E-state index in [0.717, 1.165) is 0 Å². The van der Waals surface area contributed by atoms with E-state index in [2.05, 4.69) is 10.1 Å². The number of aryl methyl sites for hydroxylation is 1. The molecule has 1 unspecified atom stereocenters. The van der Waals surface area contributed by atoms with Crippen LogP contribution in [0.4, 0.5) is 13.2 Å². The predicted molar refractivity (Wildman–Crippen MR) is 46.0 cm³/mol. The minimum atomic E-state index is -4.22. The van der Waals surface area contributed by atoms with E-state index in [1.807, 2.05) is 0 Å². The average molecular weight is 223 g/mol. The van der Waals surface area contributed by atoms with E-state index in [4.69, 9.17) is 0 Å². The van der Waals surface area contributed by atoms with Crippen LogP contribution in [0.1, 0.15) is 18.7 Å². The van der Waals surface area contributed by atoms with E-state index in [0.29, 0.717) is 5.82 Å². The van der Waals surface area contributed by atoms with Gasteiger partial charge in [0, 0.05) is 19.9 Å². The number of alkyl halides is 3. The van der Waals surface area contributed by atoms with Crippen molar-refractivity contribution in [2.75, 3.05) is 0 Å². The Morgan fingerprint density at radius 3 is 2.67 bits per heavy atom. The number of aliphatic hydroxyl groups is 1. The lowest BCUT2D eigenvalue weighted by molar-refractivity contribution is -0.139. The van der Waals surface area contributed by atoms with Crippen LogP contribution in [-0.4, -0.2) is 32.2 Å². The lowest BCUT2D eigenvalue weighted by Crippen LogP contribution is -2.18. The fourth-order valence-electron chi connectivity index (χ4n) is 1.15. The van der Waals surface area contributed by atoms with Gasteiger partial charge in [-0.25, -0.2) is 4.98 Å². The average Bonchev–Trinajstić information content (AvgIpc) is 2.47. The predicted octanol–water partition coefficient (Wildman–Crippen LogP) is 1.06. The van der Waals surface area contributed by atoms with Crippen LogP contribution in [0.3, 0.4) is 0 Å². The highest BCUT2D eigenvalue weighted by Gasteiger charge is 2.28. The molecule has 0 saturated heterocycles. The van der Waals surface area contributed by atoms with Crippen LogP contribution in [0.15, 0.2) is 6.33 Å². The van der Waals surface area contributed by atoms with Gasteiger partial charge in [-0.3, -0.25) is 4.68 Å². The monoisotopic (exact) mass is 223 g/mol. The van der Waals surface area contributed by atoms with E-state index in [-0.39, 0.29) is 12.8 Å². The summed E-state index contributed by atoms with van der Waals surface area (Å²) in [5, 5.41) is 13.1. The molecule has 7 heteroatoms. The first-order chi connectivity index (χ1) is 6.88. The summed E-state index contributed by atoms with van der Waals surface area (Å²) in [5.41, 5.74) is 0. The second-order valence-corrected chi connectivity index (χ2v) is 3.31. The minimum absolute atomic E-state index is 0.0899. The van der Waals surface area contributed by atoms with E-state index in [1.165, 1.54) is 11.0 Å². The third-order valence-corrected chi connectivity index (χ3v) is 1.98. The number of aromatic nitrogens is 3. The first-order valence-electron chi connectivity index (χ1n) is 4.46. The second kappa shape index (κ2) is 4.61. The highest BCUT2D eigenvalue weighted by atomic mass is 19.4. The maximum Gasteiger partial charge on any atom is 0.389 e. The van der Waals surface area contributed by atoms with Crippen molar-refractivity contribution in [1.82, 2.24) is 14.8 Å². The molecule has 1 rings (SSSR count). The lowest BCUT2D eigenvalue weighted by Gasteiger charge is -2.11. The maximum absolute atomic E-state index is 11.8. The number of hydrogen-bond acceptors (Lipinski definition) is 3. The third kappa shape index (κ3) is 4.28. The normalized spacial score (nSPS) is 14.2. The molecule has 0 aliphatic carbocycles. The SMILES string of the molecule is Cn1ncnc1CC(O)CCC(F)(F)F. The van der Waals surface area contributed by atoms with Crippen LogP contribution in [0.25, 0.3) is 0 Å². The number of halogens is 3. The highest BCUT2D eigenvalue weighted by molar-refractivity contribution is 4.86. The van der Waals surface area contributed by atoms with Crippen molar-refractivity contribution in [3.05, 3.63) is 12.2 Å². The Kier molecular flexibility index (Phi) is 3.67. The molecule has 1 N–H and O–H groups in total. The molecule has 1 atom stereocenters. The molecule has 0 aromatic carbocycles. The Morgan fingerprint density at radius 1 is 1.53 bits per heavy atom. The Morgan fingerprint density at radius 2 is 2.20 bits per heavy atom. The van der Waals surface area contributed by atoms with Crippen molar-refractivity contribution in [3.8, 4) is 0 Å². The van der Waals surface area contributed by atoms with E-state index < -0.39 is 18.7 Å². The van der Waals surface area contributed by atoms with Crippen LogP contribution >= 0.6 is 0 Å². The molecule has 0 aliphatic rings. The van der Waals surface area contributed by atoms with E-state index in [1.54, 1.807) is 7.05 Å². The summed E-state index contributed by atoms with van der Waals surface area (Å²) in [6.45, 7) is 0. The summed E-state index contributed by atoms with van der Waals surface area (Å²) in [7, 11) is 1.62. The zero-order valence-corrected chi connectivity index (χ0v) is 8.20. The number of aliphatic hydroxyl groups excluding tert-OH is 1. The molecule has 0 aliphatic heterocycles. The van der Waals surface area contributed by atoms with Crippen LogP contribution in [0.2, 0.25) is 0 Å². The van der Waals surface area contributed by atoms with Crippen molar-refractivity contribution in [2.45, 2.75) is 31.5 Å². The molecule has 15 heavy (non-hydrogen) atoms. The molecule has 1 aromatic heterocycles. The molecule has 1 aromatic rings. The Bertz CT molecular complexity index is 310. The third-order valence-electron chi connectivity index (χ3n) is 1.98. The molecule has 0 amide bonds. The molecule has 0 fully saturated rings. The van der Waals surface area contributed by atoms with Gasteiger partial charge in [0.15, 0.2) is 0 Å². The van der Waals surface area contributed by atoms with Gasteiger partial charge in [0.2, 0.25) is 0 Å². The molecule has 4 nitrogen and oxygen atoms in total. The molecule has 0 bridgehead atoms. The molecule has 0 saturated carbocycles. The van der Waals surface area contributed by atoms with Crippen molar-refractivity contribution in [3.63, 3.8) is 0 Å². The van der Waals surface area contributed by atoms with Crippen LogP contribution in [-0.2, 0) is 13.5 Å². The van der Waals surface area contributed by atoms with Crippen molar-refractivity contribution in [1.29, 1.82) is 0 Å². The van der Waals surface area contributed by atoms with Crippen LogP contribution in [0.5, 0.6) is 0 Å². The van der Waals surface area contributed by atoms with Crippen LogP contribution < -0.4 is 0 Å². The molecule has 1 heterocycles. The van der Waals surface area contributed by atoms with Gasteiger partial charge in [-0.1, -0.05) is 0 Å². The Labute approximate surface area is 84.7 Å². The summed E-state index contributed by atoms with van der Waals surface area (Å²) in [4.78, 5) is 3.81. The summed E-state index contributed by atoms with van der Waals surface area (Å²) >= 11 is 0. The molecule has 86 valence electrons. The standard InChI is InChI=1S/C8H12F3N3O/c1-14-7(12-5-13-14)4-6(15)2-3-8(9,10)11/h5-6,15H,2-4H2,1H3. The van der Waals surface area contributed by atoms with Gasteiger partial charge in [0.1, 0.15) is 12.2 Å². The number of hydrogen-bond donors (Lipinski definition) is 1. The molecular formula is C8H12F3N3O. The smallest absolute Gasteiger partial charge is 0.389 e. The van der Waals surface area contributed by atoms with Gasteiger partial charge < -0.3 is 5.11 Å². The molecular weight excluding hydrogens is 211 g/mol. The fourth-order valence-corrected chi connectivity index (χ4v) is 1.15. The topological polar surface area (TPSA) is 50.9 Å². The van der Waals surface area contributed by atoms with Crippen molar-refractivity contribution < 1.29 is 18.3 Å². The zero-order chi connectivity index (χ0) is 11.5. The van der Waals surface area contributed by atoms with E-state index in [9.17, 15) is 18.3 Å². The van der Waals surface area contributed by atoms with Gasteiger partial charge in [-0.15, -0.1) is 0 Å². The van der Waals surface area contributed by atoms with Gasteiger partial charge >= 0.3 is 6.18 Å². The molecule has 0 radical (unpaired) electrons. The number of nitrogens with zero attached hydrogens (tertiary/aromatic N) is 3. The lowest BCUT2D eigenvalue weighted by atomic mass is 10.1. The zero-order valence-electron chi connectivity index (χ0n) is 8.20. The van der Waals surface area contributed by atoms with Crippen molar-refractivity contribution in [2.24, 2.45) is 7.05 Å². The quantitative estimate of drug-likeness (QED) is 0.830. The largest absolute Gasteiger partial charge is 0.393 e. The maximum atomic E-state index is 11.8. The summed E-state index contributed by atoms with van der Waals surface area (Å²) in [5.74, 6) is 0.477. The van der Waals surface area contributed by atoms with E-state index >= 15 is 0 Å². The first-order valence-corrected chi connectivity index (χ1v) is 4.46. The molecule has 0 spiro atoms. The first kappa shape index (κ1) is 12.0. The fraction of sp³-hybridized carbons (Fsp3) is 0.750. The van der Waals surface area contributed by atoms with Gasteiger partial charge in [-0.2, -0.15) is 18.3 Å². The number of rotatable bonds is 4. The van der Waals surface area contributed by atoms with Gasteiger partial charge in [-0.05, 0) is 6.42 Å². The second-order valence-electron chi connectivity index (χ2n) is 3.31. The summed E-state index contributed by atoms with van der Waals surface area (Å²) in [6.07, 6.45) is -5.16. The minimum Gasteiger partial charge on any atom is -0.393 e. The van der Waals surface area contributed by atoms with Gasteiger partial charge in [0.05, 0.1) is 6.10 Å². The van der Waals surface area contributed by atoms with Gasteiger partial charge in [0.25, 0.3) is 0 Å². The summed E-state index contributed by atoms with van der Waals surface area (Å²) < 4.78 is 36.9. The van der Waals surface area contributed by atoms with Crippen molar-refractivity contribution >= 4 is 0 Å².